The zero-order valence-electron chi connectivity index (χ0n) is 22.0. The number of carbonyl (C=O) groups excluding carboxylic acids is 1. The van der Waals surface area contributed by atoms with Gasteiger partial charge in [0.05, 0.1) is 5.56 Å². The smallest absolute Gasteiger partial charge is 0.273 e. The maximum Gasteiger partial charge on any atom is 0.273 e. The second-order valence-corrected chi connectivity index (χ2v) is 9.64. The predicted molar refractivity (Wildman–Crippen MR) is 147 cm³/mol. The number of hydrazine groups is 1. The number of carbonyl (C=O) groups is 1. The first-order valence-electron chi connectivity index (χ1n) is 12.5. The fraction of sp³-hybridized carbons (Fsp3) is 0.481. The summed E-state index contributed by atoms with van der Waals surface area (Å²) in [6.07, 6.45) is 1.94. The molecule has 3 rings (SSSR count). The minimum absolute atomic E-state index is 0.0125. The Balaban J connectivity index is 1.55. The lowest BCUT2D eigenvalue weighted by molar-refractivity contribution is 0.0449. The Kier molecular flexibility index (Phi) is 11.4. The largest absolute Gasteiger partial charge is 0.467 e. The van der Waals surface area contributed by atoms with Gasteiger partial charge in [-0.1, -0.05) is 44.2 Å². The average molecular weight is 531 g/mol. The summed E-state index contributed by atoms with van der Waals surface area (Å²) in [6.45, 7) is 7.04. The number of amides is 1. The lowest BCUT2D eigenvalue weighted by Gasteiger charge is -2.33. The van der Waals surface area contributed by atoms with Crippen LogP contribution in [0.4, 0.5) is 0 Å². The highest BCUT2D eigenvalue weighted by atomic mass is 32.1. The van der Waals surface area contributed by atoms with Crippen LogP contribution < -0.4 is 25.6 Å². The summed E-state index contributed by atoms with van der Waals surface area (Å²) in [7, 11) is 3.07. The Morgan fingerprint density at radius 1 is 1.00 bits per heavy atom. The number of rotatable bonds is 11. The van der Waals surface area contributed by atoms with Crippen molar-refractivity contribution in [2.24, 2.45) is 0 Å². The first-order chi connectivity index (χ1) is 17.9. The number of hydrogen-bond donors (Lipinski definition) is 3. The van der Waals surface area contributed by atoms with E-state index in [1.165, 1.54) is 12.7 Å². The van der Waals surface area contributed by atoms with E-state index in [-0.39, 0.29) is 31.5 Å². The van der Waals surface area contributed by atoms with Crippen molar-refractivity contribution in [1.29, 1.82) is 0 Å². The highest BCUT2D eigenvalue weighted by Crippen LogP contribution is 2.34. The third-order valence-electron chi connectivity index (χ3n) is 6.10. The van der Waals surface area contributed by atoms with E-state index in [9.17, 15) is 4.79 Å². The molecule has 1 heterocycles. The molecule has 0 saturated carbocycles. The molecule has 1 saturated heterocycles. The van der Waals surface area contributed by atoms with Crippen molar-refractivity contribution in [3.05, 3.63) is 59.2 Å². The van der Waals surface area contributed by atoms with E-state index in [4.69, 9.17) is 31.2 Å². The van der Waals surface area contributed by atoms with Gasteiger partial charge < -0.3 is 24.3 Å². The molecule has 0 radical (unpaired) electrons. The molecule has 10 heteroatoms. The molecular weight excluding hydrogens is 492 g/mol. The molecular formula is C27H38N4O5S. The van der Waals surface area contributed by atoms with Crippen molar-refractivity contribution in [2.75, 3.05) is 40.9 Å². The average Bonchev–Trinajstić information content (AvgIpc) is 2.90. The summed E-state index contributed by atoms with van der Waals surface area (Å²) in [4.78, 5) is 15.5. The van der Waals surface area contributed by atoms with E-state index in [0.29, 0.717) is 22.2 Å². The number of hydrogen-bond acceptors (Lipinski definition) is 7. The van der Waals surface area contributed by atoms with E-state index in [1.807, 2.05) is 19.9 Å². The number of thiocarbonyl (C=S) groups is 1. The van der Waals surface area contributed by atoms with Crippen LogP contribution in [0.2, 0.25) is 0 Å². The molecule has 0 atom stereocenters. The van der Waals surface area contributed by atoms with Crippen LogP contribution >= 0.6 is 12.2 Å². The van der Waals surface area contributed by atoms with Gasteiger partial charge in [-0.2, -0.15) is 0 Å². The van der Waals surface area contributed by atoms with E-state index in [1.54, 1.807) is 19.2 Å². The highest BCUT2D eigenvalue weighted by molar-refractivity contribution is 7.80. The fourth-order valence-electron chi connectivity index (χ4n) is 4.18. The van der Waals surface area contributed by atoms with Gasteiger partial charge in [-0.3, -0.25) is 20.5 Å². The van der Waals surface area contributed by atoms with E-state index >= 15 is 0 Å². The molecule has 0 unspecified atom stereocenters. The Morgan fingerprint density at radius 2 is 1.65 bits per heavy atom. The van der Waals surface area contributed by atoms with Gasteiger partial charge in [0, 0.05) is 46.0 Å². The monoisotopic (exact) mass is 530 g/mol. The summed E-state index contributed by atoms with van der Waals surface area (Å²) in [5, 5.41) is 3.69. The van der Waals surface area contributed by atoms with Crippen molar-refractivity contribution in [3.63, 3.8) is 0 Å². The molecule has 0 spiro atoms. The summed E-state index contributed by atoms with van der Waals surface area (Å²) < 4.78 is 21.4. The molecule has 1 fully saturated rings. The Morgan fingerprint density at radius 3 is 2.27 bits per heavy atom. The number of piperidine rings is 1. The van der Waals surface area contributed by atoms with E-state index in [0.717, 1.165) is 38.0 Å². The number of likely N-dealkylation sites (tertiary alicyclic amines) is 1. The van der Waals surface area contributed by atoms with Crippen LogP contribution in [0, 0.1) is 0 Å². The molecule has 9 nitrogen and oxygen atoms in total. The fourth-order valence-corrected chi connectivity index (χ4v) is 4.39. The van der Waals surface area contributed by atoms with E-state index < -0.39 is 0 Å². The van der Waals surface area contributed by atoms with Crippen LogP contribution in [0.25, 0.3) is 0 Å². The quantitative estimate of drug-likeness (QED) is 0.229. The molecule has 2 aromatic carbocycles. The first kappa shape index (κ1) is 28.6. The summed E-state index contributed by atoms with van der Waals surface area (Å²) >= 11 is 5.44. The molecule has 202 valence electrons. The second kappa shape index (κ2) is 14.7. The van der Waals surface area contributed by atoms with E-state index in [2.05, 4.69) is 45.3 Å². The maximum atomic E-state index is 13.1. The normalized spacial score (nSPS) is 14.3. The second-order valence-electron chi connectivity index (χ2n) is 9.23. The van der Waals surface area contributed by atoms with Crippen LogP contribution in [0.3, 0.4) is 0 Å². The van der Waals surface area contributed by atoms with Crippen LogP contribution in [0.1, 0.15) is 54.1 Å². The Bertz CT molecular complexity index is 1010. The van der Waals surface area contributed by atoms with Crippen LogP contribution in [-0.2, 0) is 16.0 Å². The predicted octanol–water partition coefficient (Wildman–Crippen LogP) is 3.55. The van der Waals surface area contributed by atoms with Gasteiger partial charge in [0.15, 0.2) is 18.7 Å². The molecule has 1 aliphatic heterocycles. The molecule has 2 aromatic rings. The zero-order valence-corrected chi connectivity index (χ0v) is 22.9. The molecule has 1 aliphatic rings. The molecule has 0 aliphatic carbocycles. The van der Waals surface area contributed by atoms with Gasteiger partial charge >= 0.3 is 0 Å². The van der Waals surface area contributed by atoms with Gasteiger partial charge in [0.2, 0.25) is 0 Å². The zero-order chi connectivity index (χ0) is 26.6. The van der Waals surface area contributed by atoms with Gasteiger partial charge in [-0.05, 0) is 48.2 Å². The minimum Gasteiger partial charge on any atom is -0.467 e. The summed E-state index contributed by atoms with van der Waals surface area (Å²) in [5.41, 5.74) is 8.04. The number of ether oxygens (including phenoxy) is 4. The molecule has 1 amide bonds. The number of nitrogens with one attached hydrogen (secondary N) is 3. The number of nitrogens with zero attached hydrogens (tertiary/aromatic N) is 1. The van der Waals surface area contributed by atoms with Crippen molar-refractivity contribution in [1.82, 2.24) is 21.1 Å². The van der Waals surface area contributed by atoms with Gasteiger partial charge in [-0.15, -0.1) is 0 Å². The Labute approximate surface area is 224 Å². The van der Waals surface area contributed by atoms with Crippen molar-refractivity contribution < 1.29 is 23.7 Å². The third kappa shape index (κ3) is 8.85. The first-order valence-corrected chi connectivity index (χ1v) is 12.9. The topological polar surface area (TPSA) is 93.3 Å². The molecule has 3 N–H and O–H groups in total. The summed E-state index contributed by atoms with van der Waals surface area (Å²) in [5.74, 6) is 0.649. The maximum absolute atomic E-state index is 13.1. The number of benzene rings is 2. The van der Waals surface area contributed by atoms with Crippen molar-refractivity contribution >= 4 is 23.2 Å². The summed E-state index contributed by atoms with van der Waals surface area (Å²) in [6, 6.07) is 14.2. The lowest BCUT2D eigenvalue weighted by Crippen LogP contribution is -2.52. The third-order valence-corrected chi connectivity index (χ3v) is 6.32. The SMILES string of the molecule is COCOc1cc(OCOC)c(C(C)C)cc1C(=O)NNC(=S)NC1CCN(Cc2ccccc2)CC1. The lowest BCUT2D eigenvalue weighted by atomic mass is 9.98. The van der Waals surface area contributed by atoms with Crippen molar-refractivity contribution in [3.8, 4) is 11.5 Å². The number of methoxy groups -OCH3 is 2. The standard InChI is InChI=1S/C27H38N4O5S/c1-19(2)22-14-23(25(36-18-34-4)15-24(22)35-17-33-3)26(32)29-30-27(37)28-21-10-12-31(13-11-21)16-20-8-6-5-7-9-20/h5-9,14-15,19,21H,10-13,16-18H2,1-4H3,(H,29,32)(H2,28,30,37). The van der Waals surface area contributed by atoms with Crippen LogP contribution in [0.5, 0.6) is 11.5 Å². The van der Waals surface area contributed by atoms with Crippen molar-refractivity contribution in [2.45, 2.75) is 45.2 Å². The van der Waals surface area contributed by atoms with Gasteiger partial charge in [0.25, 0.3) is 5.91 Å². The van der Waals surface area contributed by atoms with Gasteiger partial charge in [0.1, 0.15) is 11.5 Å². The van der Waals surface area contributed by atoms with Gasteiger partial charge in [-0.25, -0.2) is 0 Å². The Hall–Kier alpha value is -2.92. The minimum atomic E-state index is -0.381. The molecule has 0 bridgehead atoms. The highest BCUT2D eigenvalue weighted by Gasteiger charge is 2.22. The molecule has 0 aromatic heterocycles. The molecule has 37 heavy (non-hydrogen) atoms. The van der Waals surface area contributed by atoms with Crippen LogP contribution in [0.15, 0.2) is 42.5 Å². The van der Waals surface area contributed by atoms with Crippen LogP contribution in [-0.4, -0.2) is 62.9 Å².